The van der Waals surface area contributed by atoms with Gasteiger partial charge in [0.2, 0.25) is 0 Å². The van der Waals surface area contributed by atoms with Crippen molar-refractivity contribution in [1.82, 2.24) is 20.4 Å². The SMILES string of the molecule is CCN1CCN(Cc2ccc(CNC(=NC)NC3CCCCC3)cc2)CC1.I. The molecule has 5 nitrogen and oxygen atoms in total. The Morgan fingerprint density at radius 2 is 1.57 bits per heavy atom. The summed E-state index contributed by atoms with van der Waals surface area (Å²) in [6, 6.07) is 9.64. The molecule has 158 valence electrons. The Bertz CT molecular complexity index is 575. The molecule has 2 aliphatic rings. The first-order valence-corrected chi connectivity index (χ1v) is 10.8. The van der Waals surface area contributed by atoms with Crippen LogP contribution in [-0.4, -0.2) is 61.6 Å². The first-order valence-electron chi connectivity index (χ1n) is 10.8. The summed E-state index contributed by atoms with van der Waals surface area (Å²) in [7, 11) is 1.86. The van der Waals surface area contributed by atoms with E-state index in [1.165, 1.54) is 76.0 Å². The molecule has 1 aliphatic carbocycles. The summed E-state index contributed by atoms with van der Waals surface area (Å²) in [6.45, 7) is 10.1. The summed E-state index contributed by atoms with van der Waals surface area (Å²) < 4.78 is 0. The molecule has 3 rings (SSSR count). The van der Waals surface area contributed by atoms with E-state index < -0.39 is 0 Å². The average molecular weight is 499 g/mol. The molecule has 1 aromatic carbocycles. The van der Waals surface area contributed by atoms with Gasteiger partial charge in [-0.15, -0.1) is 24.0 Å². The fourth-order valence-corrected chi connectivity index (χ4v) is 4.11. The topological polar surface area (TPSA) is 42.9 Å². The number of benzene rings is 1. The van der Waals surface area contributed by atoms with E-state index in [9.17, 15) is 0 Å². The smallest absolute Gasteiger partial charge is 0.191 e. The van der Waals surface area contributed by atoms with Gasteiger partial charge in [0, 0.05) is 52.4 Å². The standard InChI is InChI=1S/C22H37N5.HI/c1-3-26-13-15-27(16-14-26)18-20-11-9-19(10-12-20)17-24-22(23-2)25-21-7-5-4-6-8-21;/h9-12,21H,3-8,13-18H2,1-2H3,(H2,23,24,25);1H. The summed E-state index contributed by atoms with van der Waals surface area (Å²) in [6.07, 6.45) is 6.59. The lowest BCUT2D eigenvalue weighted by Crippen LogP contribution is -2.45. The van der Waals surface area contributed by atoms with E-state index in [1.54, 1.807) is 0 Å². The highest BCUT2D eigenvalue weighted by atomic mass is 127. The zero-order valence-electron chi connectivity index (χ0n) is 17.6. The maximum atomic E-state index is 4.39. The maximum absolute atomic E-state index is 4.39. The van der Waals surface area contributed by atoms with Gasteiger partial charge in [-0.25, -0.2) is 0 Å². The van der Waals surface area contributed by atoms with E-state index in [1.807, 2.05) is 7.05 Å². The van der Waals surface area contributed by atoms with Gasteiger partial charge in [-0.1, -0.05) is 50.5 Å². The number of likely N-dealkylation sites (N-methyl/N-ethyl adjacent to an activating group) is 1. The zero-order valence-corrected chi connectivity index (χ0v) is 20.0. The number of piperazine rings is 1. The van der Waals surface area contributed by atoms with Crippen LogP contribution in [0.5, 0.6) is 0 Å². The lowest BCUT2D eigenvalue weighted by Gasteiger charge is -2.34. The van der Waals surface area contributed by atoms with Crippen LogP contribution in [0.25, 0.3) is 0 Å². The fourth-order valence-electron chi connectivity index (χ4n) is 4.11. The van der Waals surface area contributed by atoms with Gasteiger partial charge in [0.05, 0.1) is 0 Å². The second kappa shape index (κ2) is 12.6. The minimum Gasteiger partial charge on any atom is -0.354 e. The number of halogens is 1. The molecule has 0 bridgehead atoms. The minimum absolute atomic E-state index is 0. The van der Waals surface area contributed by atoms with Gasteiger partial charge in [-0.2, -0.15) is 0 Å². The Kier molecular flexibility index (Phi) is 10.6. The molecule has 0 unspecified atom stereocenters. The van der Waals surface area contributed by atoms with Crippen LogP contribution >= 0.6 is 24.0 Å². The monoisotopic (exact) mass is 499 g/mol. The highest BCUT2D eigenvalue weighted by Gasteiger charge is 2.16. The molecule has 28 heavy (non-hydrogen) atoms. The molecule has 0 aromatic heterocycles. The van der Waals surface area contributed by atoms with Crippen molar-refractivity contribution in [3.05, 3.63) is 35.4 Å². The molecule has 6 heteroatoms. The zero-order chi connectivity index (χ0) is 18.9. The molecule has 2 N–H and O–H groups in total. The number of aliphatic imine (C=N–C) groups is 1. The van der Waals surface area contributed by atoms with Gasteiger partial charge in [0.1, 0.15) is 0 Å². The van der Waals surface area contributed by atoms with Gasteiger partial charge in [-0.3, -0.25) is 9.89 Å². The van der Waals surface area contributed by atoms with Gasteiger partial charge in [0.25, 0.3) is 0 Å². The number of hydrogen-bond acceptors (Lipinski definition) is 3. The molecule has 0 amide bonds. The molecule has 1 saturated carbocycles. The van der Waals surface area contributed by atoms with Crippen LogP contribution in [0.4, 0.5) is 0 Å². The van der Waals surface area contributed by atoms with Crippen LogP contribution in [0.2, 0.25) is 0 Å². The Labute approximate surface area is 188 Å². The Balaban J connectivity index is 0.00000280. The number of nitrogens with zero attached hydrogens (tertiary/aromatic N) is 3. The second-order valence-corrected chi connectivity index (χ2v) is 7.93. The molecule has 0 atom stereocenters. The van der Waals surface area contributed by atoms with Crippen molar-refractivity contribution in [2.45, 2.75) is 58.2 Å². The van der Waals surface area contributed by atoms with E-state index in [2.05, 4.69) is 56.6 Å². The summed E-state index contributed by atoms with van der Waals surface area (Å²) in [5.74, 6) is 0.930. The molecule has 2 fully saturated rings. The lowest BCUT2D eigenvalue weighted by atomic mass is 9.96. The highest BCUT2D eigenvalue weighted by Crippen LogP contribution is 2.17. The Morgan fingerprint density at radius 3 is 2.18 bits per heavy atom. The molecule has 0 radical (unpaired) electrons. The van der Waals surface area contributed by atoms with E-state index in [-0.39, 0.29) is 24.0 Å². The van der Waals surface area contributed by atoms with Crippen LogP contribution < -0.4 is 10.6 Å². The molecule has 1 aliphatic heterocycles. The molecule has 1 aromatic rings. The van der Waals surface area contributed by atoms with Crippen molar-refractivity contribution < 1.29 is 0 Å². The second-order valence-electron chi connectivity index (χ2n) is 7.93. The quantitative estimate of drug-likeness (QED) is 0.358. The number of guanidine groups is 1. The average Bonchev–Trinajstić information content (AvgIpc) is 2.73. The van der Waals surface area contributed by atoms with Crippen molar-refractivity contribution in [2.24, 2.45) is 4.99 Å². The van der Waals surface area contributed by atoms with E-state index in [0.29, 0.717) is 6.04 Å². The van der Waals surface area contributed by atoms with Gasteiger partial charge < -0.3 is 15.5 Å². The largest absolute Gasteiger partial charge is 0.354 e. The third-order valence-corrected chi connectivity index (χ3v) is 5.97. The lowest BCUT2D eigenvalue weighted by molar-refractivity contribution is 0.132. The van der Waals surface area contributed by atoms with Crippen molar-refractivity contribution in [1.29, 1.82) is 0 Å². The van der Waals surface area contributed by atoms with Crippen molar-refractivity contribution in [3.8, 4) is 0 Å². The fraction of sp³-hybridized carbons (Fsp3) is 0.682. The maximum Gasteiger partial charge on any atom is 0.191 e. The first kappa shape index (κ1) is 23.4. The van der Waals surface area contributed by atoms with Gasteiger partial charge >= 0.3 is 0 Å². The van der Waals surface area contributed by atoms with Gasteiger partial charge in [-0.05, 0) is 30.5 Å². The number of hydrogen-bond donors (Lipinski definition) is 2. The molecule has 1 heterocycles. The van der Waals surface area contributed by atoms with Crippen LogP contribution in [0.15, 0.2) is 29.3 Å². The van der Waals surface area contributed by atoms with Crippen LogP contribution in [-0.2, 0) is 13.1 Å². The third kappa shape index (κ3) is 7.52. The van der Waals surface area contributed by atoms with E-state index >= 15 is 0 Å². The molecule has 1 saturated heterocycles. The molecule has 0 spiro atoms. The minimum atomic E-state index is 0. The molecular weight excluding hydrogens is 461 g/mol. The van der Waals surface area contributed by atoms with Gasteiger partial charge in [0.15, 0.2) is 5.96 Å². The number of nitrogens with one attached hydrogen (secondary N) is 2. The Hall–Kier alpha value is -0.860. The van der Waals surface area contributed by atoms with Crippen LogP contribution in [0.3, 0.4) is 0 Å². The number of rotatable bonds is 6. The summed E-state index contributed by atoms with van der Waals surface area (Å²) in [5.41, 5.74) is 2.72. The van der Waals surface area contributed by atoms with E-state index in [0.717, 1.165) is 19.0 Å². The normalized spacial score (nSPS) is 19.9. The van der Waals surface area contributed by atoms with E-state index in [4.69, 9.17) is 0 Å². The predicted molar refractivity (Wildman–Crippen MR) is 129 cm³/mol. The predicted octanol–water partition coefficient (Wildman–Crippen LogP) is 3.44. The first-order chi connectivity index (χ1) is 13.3. The van der Waals surface area contributed by atoms with Crippen LogP contribution in [0.1, 0.15) is 50.2 Å². The van der Waals surface area contributed by atoms with Crippen LogP contribution in [0, 0.1) is 0 Å². The Morgan fingerprint density at radius 1 is 0.964 bits per heavy atom. The molecular formula is C22H38IN5. The third-order valence-electron chi connectivity index (χ3n) is 5.97. The van der Waals surface area contributed by atoms with Crippen molar-refractivity contribution in [2.75, 3.05) is 39.8 Å². The van der Waals surface area contributed by atoms with Crippen molar-refractivity contribution in [3.63, 3.8) is 0 Å². The van der Waals surface area contributed by atoms with Crippen molar-refractivity contribution >= 4 is 29.9 Å². The highest BCUT2D eigenvalue weighted by molar-refractivity contribution is 14.0. The summed E-state index contributed by atoms with van der Waals surface area (Å²) in [4.78, 5) is 9.48. The summed E-state index contributed by atoms with van der Waals surface area (Å²) in [5, 5.41) is 7.05. The summed E-state index contributed by atoms with van der Waals surface area (Å²) >= 11 is 0.